The minimum absolute atomic E-state index is 0.0748. The molecule has 0 aromatic carbocycles. The van der Waals surface area contributed by atoms with Gasteiger partial charge in [0, 0.05) is 18.5 Å². The zero-order valence-corrected chi connectivity index (χ0v) is 10.00. The molecule has 96 valence electrons. The van der Waals surface area contributed by atoms with Gasteiger partial charge in [-0.25, -0.2) is 0 Å². The van der Waals surface area contributed by atoms with Gasteiger partial charge in [0.25, 0.3) is 0 Å². The molecule has 0 spiro atoms. The number of nitrogens with one attached hydrogen (secondary N) is 1. The van der Waals surface area contributed by atoms with Crippen LogP contribution in [0.4, 0.5) is 24.0 Å². The zero-order chi connectivity index (χ0) is 12.5. The Kier molecular flexibility index (Phi) is 3.46. The third-order valence-electron chi connectivity index (χ3n) is 2.66. The molecular weight excluding hydrogens is 251 g/mol. The number of rotatable bonds is 5. The first kappa shape index (κ1) is 12.5. The Labute approximate surface area is 101 Å². The van der Waals surface area contributed by atoms with E-state index in [1.165, 1.54) is 11.5 Å². The maximum absolute atomic E-state index is 11.9. The van der Waals surface area contributed by atoms with E-state index in [-0.39, 0.29) is 6.42 Å². The molecule has 1 heterocycles. The van der Waals surface area contributed by atoms with Gasteiger partial charge >= 0.3 is 6.18 Å². The topological polar surface area (TPSA) is 50.9 Å². The van der Waals surface area contributed by atoms with Crippen LogP contribution in [0.15, 0.2) is 0 Å². The fraction of sp³-hybridized carbons (Fsp3) is 0.700. The molecule has 0 aliphatic heterocycles. The molecule has 1 aromatic heterocycles. The number of halogens is 3. The number of alkyl halides is 3. The molecule has 1 saturated carbocycles. The van der Waals surface area contributed by atoms with Crippen molar-refractivity contribution in [3.05, 3.63) is 5.56 Å². The second-order valence-corrected chi connectivity index (χ2v) is 5.00. The summed E-state index contributed by atoms with van der Waals surface area (Å²) >= 11 is 1.24. The van der Waals surface area contributed by atoms with E-state index in [1.807, 2.05) is 0 Å². The molecule has 0 unspecified atom stereocenters. The van der Waals surface area contributed by atoms with E-state index in [0.717, 1.165) is 23.4 Å². The van der Waals surface area contributed by atoms with Crippen molar-refractivity contribution in [3.63, 3.8) is 0 Å². The third-order valence-corrected chi connectivity index (χ3v) is 3.50. The number of anilines is 2. The van der Waals surface area contributed by atoms with Crippen LogP contribution in [-0.2, 0) is 0 Å². The number of hydrogen-bond donors (Lipinski definition) is 2. The van der Waals surface area contributed by atoms with Gasteiger partial charge in [0.2, 0.25) is 0 Å². The predicted octanol–water partition coefficient (Wildman–Crippen LogP) is 3.36. The Morgan fingerprint density at radius 1 is 1.41 bits per heavy atom. The molecule has 7 heteroatoms. The molecule has 1 fully saturated rings. The second-order valence-electron chi connectivity index (χ2n) is 4.23. The summed E-state index contributed by atoms with van der Waals surface area (Å²) in [5, 5.41) is 3.84. The van der Waals surface area contributed by atoms with Crippen molar-refractivity contribution in [2.45, 2.75) is 37.8 Å². The molecule has 0 atom stereocenters. The lowest BCUT2D eigenvalue weighted by atomic mass is 10.2. The Balaban J connectivity index is 1.83. The highest BCUT2D eigenvalue weighted by atomic mass is 32.1. The molecular formula is C10H14F3N3S. The minimum Gasteiger partial charge on any atom is -0.383 e. The maximum Gasteiger partial charge on any atom is 0.389 e. The van der Waals surface area contributed by atoms with Gasteiger partial charge in [0.15, 0.2) is 0 Å². The van der Waals surface area contributed by atoms with Crippen molar-refractivity contribution >= 4 is 22.4 Å². The van der Waals surface area contributed by atoms with Crippen molar-refractivity contribution in [2.24, 2.45) is 0 Å². The molecule has 1 aromatic rings. The van der Waals surface area contributed by atoms with E-state index in [2.05, 4.69) is 9.69 Å². The van der Waals surface area contributed by atoms with Gasteiger partial charge in [0.1, 0.15) is 10.8 Å². The Morgan fingerprint density at radius 3 is 2.71 bits per heavy atom. The van der Waals surface area contributed by atoms with E-state index >= 15 is 0 Å². The van der Waals surface area contributed by atoms with Gasteiger partial charge in [0.05, 0.1) is 0 Å². The van der Waals surface area contributed by atoms with Crippen LogP contribution in [0.2, 0.25) is 0 Å². The van der Waals surface area contributed by atoms with Crippen molar-refractivity contribution in [3.8, 4) is 0 Å². The standard InChI is InChI=1S/C10H14F3N3S/c11-10(12,13)4-1-5-15-9-7(6-2-3-6)8(14)16-17-9/h6,15H,1-5H2,(H2,14,16). The molecule has 0 bridgehead atoms. The summed E-state index contributed by atoms with van der Waals surface area (Å²) in [6, 6.07) is 0. The lowest BCUT2D eigenvalue weighted by Crippen LogP contribution is -2.11. The van der Waals surface area contributed by atoms with Gasteiger partial charge in [-0.1, -0.05) is 0 Å². The molecule has 0 saturated heterocycles. The number of nitrogens with zero attached hydrogens (tertiary/aromatic N) is 1. The molecule has 0 amide bonds. The first-order valence-corrected chi connectivity index (χ1v) is 6.30. The molecule has 1 aliphatic rings. The Bertz CT molecular complexity index is 385. The number of nitrogen functional groups attached to an aromatic ring is 1. The second kappa shape index (κ2) is 4.72. The van der Waals surface area contributed by atoms with Crippen LogP contribution in [0.3, 0.4) is 0 Å². The molecule has 2 rings (SSSR count). The van der Waals surface area contributed by atoms with Gasteiger partial charge in [-0.05, 0) is 36.7 Å². The van der Waals surface area contributed by atoms with Gasteiger partial charge in [-0.2, -0.15) is 17.5 Å². The maximum atomic E-state index is 11.9. The quantitative estimate of drug-likeness (QED) is 0.803. The molecule has 1 aliphatic carbocycles. The van der Waals surface area contributed by atoms with Crippen LogP contribution in [0.25, 0.3) is 0 Å². The summed E-state index contributed by atoms with van der Waals surface area (Å²) in [5.41, 5.74) is 6.74. The smallest absolute Gasteiger partial charge is 0.383 e. The zero-order valence-electron chi connectivity index (χ0n) is 9.18. The number of nitrogens with two attached hydrogens (primary N) is 1. The van der Waals surface area contributed by atoms with Crippen molar-refractivity contribution in [1.82, 2.24) is 4.37 Å². The van der Waals surface area contributed by atoms with E-state index in [4.69, 9.17) is 5.73 Å². The Morgan fingerprint density at radius 2 is 2.12 bits per heavy atom. The van der Waals surface area contributed by atoms with E-state index in [1.54, 1.807) is 0 Å². The van der Waals surface area contributed by atoms with Crippen LogP contribution < -0.4 is 11.1 Å². The molecule has 3 N–H and O–H groups in total. The van der Waals surface area contributed by atoms with E-state index < -0.39 is 12.6 Å². The highest BCUT2D eigenvalue weighted by Gasteiger charge is 2.30. The van der Waals surface area contributed by atoms with Crippen LogP contribution in [0.1, 0.15) is 37.2 Å². The Hall–Kier alpha value is -0.980. The summed E-state index contributed by atoms with van der Waals surface area (Å²) in [5.74, 6) is 0.981. The molecule has 17 heavy (non-hydrogen) atoms. The average Bonchev–Trinajstić information content (AvgIpc) is 2.98. The SMILES string of the molecule is Nc1nsc(NCCCC(F)(F)F)c1C1CC1. The average molecular weight is 265 g/mol. The summed E-state index contributed by atoms with van der Waals surface area (Å²) in [6.45, 7) is 0.306. The fourth-order valence-electron chi connectivity index (χ4n) is 1.69. The van der Waals surface area contributed by atoms with Crippen molar-refractivity contribution < 1.29 is 13.2 Å². The summed E-state index contributed by atoms with van der Waals surface area (Å²) in [6.07, 6.45) is -2.56. The number of aromatic nitrogens is 1. The highest BCUT2D eigenvalue weighted by molar-refractivity contribution is 7.10. The lowest BCUT2D eigenvalue weighted by Gasteiger charge is -2.08. The monoisotopic (exact) mass is 265 g/mol. The van der Waals surface area contributed by atoms with Gasteiger partial charge in [-0.15, -0.1) is 0 Å². The summed E-state index contributed by atoms with van der Waals surface area (Å²) in [4.78, 5) is 0. The van der Waals surface area contributed by atoms with Crippen molar-refractivity contribution in [1.29, 1.82) is 0 Å². The van der Waals surface area contributed by atoms with Crippen LogP contribution in [0.5, 0.6) is 0 Å². The van der Waals surface area contributed by atoms with Crippen LogP contribution >= 0.6 is 11.5 Å². The molecule has 3 nitrogen and oxygen atoms in total. The summed E-state index contributed by atoms with van der Waals surface area (Å²) < 4.78 is 39.9. The first-order chi connectivity index (χ1) is 7.97. The van der Waals surface area contributed by atoms with Gasteiger partial charge in [-0.3, -0.25) is 0 Å². The third kappa shape index (κ3) is 3.49. The van der Waals surface area contributed by atoms with E-state index in [0.29, 0.717) is 18.3 Å². The van der Waals surface area contributed by atoms with Crippen LogP contribution in [-0.4, -0.2) is 17.1 Å². The van der Waals surface area contributed by atoms with Crippen LogP contribution in [0, 0.1) is 0 Å². The normalized spacial score (nSPS) is 16.2. The summed E-state index contributed by atoms with van der Waals surface area (Å²) in [7, 11) is 0. The predicted molar refractivity (Wildman–Crippen MR) is 62.3 cm³/mol. The highest BCUT2D eigenvalue weighted by Crippen LogP contribution is 2.47. The molecule has 0 radical (unpaired) electrons. The minimum atomic E-state index is -4.08. The van der Waals surface area contributed by atoms with E-state index in [9.17, 15) is 13.2 Å². The lowest BCUT2D eigenvalue weighted by molar-refractivity contribution is -0.134. The van der Waals surface area contributed by atoms with Gasteiger partial charge < -0.3 is 11.1 Å². The first-order valence-electron chi connectivity index (χ1n) is 5.53. The largest absolute Gasteiger partial charge is 0.389 e. The number of hydrogen-bond acceptors (Lipinski definition) is 4. The van der Waals surface area contributed by atoms with Crippen molar-refractivity contribution in [2.75, 3.05) is 17.6 Å². The fourth-order valence-corrected chi connectivity index (χ4v) is 2.52.